The molecule has 0 fully saturated rings. The molecule has 7 heteroatoms. The van der Waals surface area contributed by atoms with E-state index in [1.807, 2.05) is 48.5 Å². The summed E-state index contributed by atoms with van der Waals surface area (Å²) in [6.45, 7) is 5.27. The van der Waals surface area contributed by atoms with Crippen molar-refractivity contribution in [1.82, 2.24) is 5.32 Å². The van der Waals surface area contributed by atoms with Gasteiger partial charge in [0.2, 0.25) is 0 Å². The Morgan fingerprint density at radius 3 is 2.06 bits per heavy atom. The number of carbonyl (C=O) groups excluding carboxylic acids is 2. The van der Waals surface area contributed by atoms with Gasteiger partial charge in [-0.25, -0.2) is 9.59 Å². The van der Waals surface area contributed by atoms with Crippen molar-refractivity contribution in [3.05, 3.63) is 59.7 Å². The number of carboxylic acids is 1. The zero-order chi connectivity index (χ0) is 22.6. The van der Waals surface area contributed by atoms with Gasteiger partial charge >= 0.3 is 18.0 Å². The molecule has 3 rings (SSSR count). The zero-order valence-corrected chi connectivity index (χ0v) is 17.9. The molecule has 2 aromatic carbocycles. The van der Waals surface area contributed by atoms with Crippen LogP contribution in [-0.4, -0.2) is 41.4 Å². The monoisotopic (exact) mass is 431 g/mol. The van der Waals surface area contributed by atoms with Gasteiger partial charge in [-0.05, 0) is 49.4 Å². The molecule has 1 unspecified atom stereocenters. The van der Waals surface area contributed by atoms with Gasteiger partial charge < -0.3 is 19.9 Å². The highest BCUT2D eigenvalue weighted by Gasteiger charge is 2.30. The fraction of sp³-hybridized carbons (Fsp3) is 0.375. The summed E-state index contributed by atoms with van der Waals surface area (Å²) in [6, 6.07) is 14.6. The van der Waals surface area contributed by atoms with Crippen LogP contribution >= 0.6 is 0 Å². The SMILES string of the molecule is CC(C)(C)O[13C](=O)[13CH2][13CH2][13CH]([15NH]C(=O)OCC1c2ccccc2-c2ccccc21)[13C](=O)O. The van der Waals surface area contributed by atoms with E-state index in [9.17, 15) is 19.5 Å². The molecule has 0 saturated heterocycles. The molecule has 1 aliphatic rings. The number of carbonyl (C=O) groups is 3. The van der Waals surface area contributed by atoms with E-state index in [0.29, 0.717) is 0 Å². The van der Waals surface area contributed by atoms with E-state index < -0.39 is 29.7 Å². The quantitative estimate of drug-likeness (QED) is 0.389. The van der Waals surface area contributed by atoms with Crippen LogP contribution in [-0.2, 0) is 19.1 Å². The first-order valence-corrected chi connectivity index (χ1v) is 10.2. The number of benzene rings is 2. The highest BCUT2D eigenvalue weighted by molar-refractivity contribution is 5.81. The van der Waals surface area contributed by atoms with Gasteiger partial charge in [-0.2, -0.15) is 0 Å². The number of amides is 1. The van der Waals surface area contributed by atoms with Crippen molar-refractivity contribution in [3.63, 3.8) is 0 Å². The number of hydrogen-bond acceptors (Lipinski definition) is 5. The lowest BCUT2D eigenvalue weighted by Gasteiger charge is -2.20. The van der Waals surface area contributed by atoms with Crippen LogP contribution in [0.1, 0.15) is 50.7 Å². The first-order chi connectivity index (χ1) is 14.7. The summed E-state index contributed by atoms with van der Waals surface area (Å²) in [5, 5.41) is 11.7. The van der Waals surface area contributed by atoms with Crippen LogP contribution in [0.4, 0.5) is 4.79 Å². The van der Waals surface area contributed by atoms with Crippen LogP contribution in [0, 0.1) is 0 Å². The molecule has 0 heterocycles. The predicted molar refractivity (Wildman–Crippen MR) is 115 cm³/mol. The third kappa shape index (κ3) is 5.63. The normalized spacial score (nSPS) is 13.6. The van der Waals surface area contributed by atoms with Gasteiger partial charge in [-0.15, -0.1) is 0 Å². The number of alkyl carbamates (subject to hydrolysis) is 1. The third-order valence-corrected chi connectivity index (χ3v) is 4.99. The number of nitrogens with one attached hydrogen (secondary N) is 1. The maximum absolute atomic E-state index is 12.3. The van der Waals surface area contributed by atoms with Crippen LogP contribution in [0.15, 0.2) is 48.5 Å². The molecule has 0 bridgehead atoms. The molecule has 7 nitrogen and oxygen atoms in total. The summed E-state index contributed by atoms with van der Waals surface area (Å²) in [5.74, 6) is -1.88. The average molecular weight is 431 g/mol. The molecule has 164 valence electrons. The Bertz CT molecular complexity index is 933. The minimum atomic E-state index is -1.25. The summed E-state index contributed by atoms with van der Waals surface area (Å²) in [4.78, 5) is 35.6. The second-order valence-electron chi connectivity index (χ2n) is 8.49. The number of esters is 1. The molecule has 1 aliphatic carbocycles. The summed E-state index contributed by atoms with van der Waals surface area (Å²) >= 11 is 0. The lowest BCUT2D eigenvalue weighted by molar-refractivity contribution is -0.155. The topological polar surface area (TPSA) is 102 Å². The zero-order valence-electron chi connectivity index (χ0n) is 17.9. The molecule has 2 aromatic rings. The molecular formula is C24H27NO6. The Labute approximate surface area is 181 Å². The van der Waals surface area contributed by atoms with Crippen molar-refractivity contribution in [2.75, 3.05) is 6.61 Å². The first kappa shape index (κ1) is 22.3. The van der Waals surface area contributed by atoms with Crippen LogP contribution in [0.2, 0.25) is 0 Å². The second kappa shape index (κ2) is 9.20. The summed E-state index contributed by atoms with van der Waals surface area (Å²) in [6.07, 6.45) is -1.05. The van der Waals surface area contributed by atoms with Crippen molar-refractivity contribution < 1.29 is 29.0 Å². The standard InChI is InChI=1S/C24H27NO6/c1-24(2,3)31-21(26)13-12-20(22(27)28)25-23(29)30-14-19-17-10-6-4-8-15(17)16-9-5-7-11-18(16)19/h4-11,19-20H,12-14H2,1-3H3,(H,25,29)(H,27,28)/i12+1,13+1,20+1,21+1,22+1,25+1. The molecule has 1 atom stereocenters. The van der Waals surface area contributed by atoms with Crippen molar-refractivity contribution in [3.8, 4) is 11.1 Å². The van der Waals surface area contributed by atoms with E-state index in [0.717, 1.165) is 22.3 Å². The molecule has 2 N–H and O–H groups in total. The van der Waals surface area contributed by atoms with E-state index in [1.54, 1.807) is 20.8 Å². The minimum absolute atomic E-state index is 0.0816. The fourth-order valence-electron chi connectivity index (χ4n) is 3.69. The summed E-state index contributed by atoms with van der Waals surface area (Å²) < 4.78 is 10.6. The molecule has 31 heavy (non-hydrogen) atoms. The van der Waals surface area contributed by atoms with E-state index in [2.05, 4.69) is 5.32 Å². The Morgan fingerprint density at radius 2 is 1.55 bits per heavy atom. The molecule has 1 amide bonds. The lowest BCUT2D eigenvalue weighted by atomic mass is 9.98. The highest BCUT2D eigenvalue weighted by atomic mass is 16.6. The number of aliphatic carboxylic acids is 1. The molecular weight excluding hydrogens is 404 g/mol. The van der Waals surface area contributed by atoms with Gasteiger partial charge in [0.15, 0.2) is 0 Å². The summed E-state index contributed by atoms with van der Waals surface area (Å²) in [5.41, 5.74) is 3.68. The molecule has 0 saturated carbocycles. The van der Waals surface area contributed by atoms with Gasteiger partial charge in [0.1, 0.15) is 18.2 Å². The Balaban J connectivity index is 1.59. The summed E-state index contributed by atoms with van der Waals surface area (Å²) in [7, 11) is 0. The molecule has 0 aliphatic heterocycles. The fourth-order valence-corrected chi connectivity index (χ4v) is 3.69. The Kier molecular flexibility index (Phi) is 6.63. The number of carboxylic acid groups (broad SMARTS) is 1. The second-order valence-corrected chi connectivity index (χ2v) is 8.49. The Hall–Kier alpha value is -3.35. The number of ether oxygens (including phenoxy) is 2. The molecule has 0 spiro atoms. The van der Waals surface area contributed by atoms with Crippen molar-refractivity contribution in [2.24, 2.45) is 0 Å². The number of rotatable bonds is 7. The van der Waals surface area contributed by atoms with Gasteiger partial charge in [0.25, 0.3) is 0 Å². The van der Waals surface area contributed by atoms with Crippen molar-refractivity contribution in [2.45, 2.75) is 51.2 Å². The van der Waals surface area contributed by atoms with Crippen LogP contribution in [0.3, 0.4) is 0 Å². The van der Waals surface area contributed by atoms with E-state index in [-0.39, 0.29) is 25.4 Å². The molecule has 0 radical (unpaired) electrons. The van der Waals surface area contributed by atoms with E-state index >= 15 is 0 Å². The van der Waals surface area contributed by atoms with Gasteiger partial charge in [-0.1, -0.05) is 48.5 Å². The van der Waals surface area contributed by atoms with Crippen molar-refractivity contribution >= 4 is 18.0 Å². The van der Waals surface area contributed by atoms with E-state index in [1.165, 1.54) is 0 Å². The smallest absolute Gasteiger partial charge is 0.407 e. The van der Waals surface area contributed by atoms with Gasteiger partial charge in [0.05, 0.1) is 0 Å². The molecule has 0 aromatic heterocycles. The Morgan fingerprint density at radius 1 is 1.00 bits per heavy atom. The minimum Gasteiger partial charge on any atom is -0.480 e. The van der Waals surface area contributed by atoms with Crippen LogP contribution in [0.5, 0.6) is 0 Å². The van der Waals surface area contributed by atoms with E-state index in [4.69, 9.17) is 9.47 Å². The maximum Gasteiger partial charge on any atom is 0.407 e. The maximum atomic E-state index is 12.3. The predicted octanol–water partition coefficient (Wildman–Crippen LogP) is 4.10. The largest absolute Gasteiger partial charge is 0.480 e. The lowest BCUT2D eigenvalue weighted by Crippen LogP contribution is -2.42. The van der Waals surface area contributed by atoms with Gasteiger partial charge in [0, 0.05) is 12.3 Å². The number of fused-ring (bicyclic) bond motifs is 3. The number of hydrogen-bond donors (Lipinski definition) is 2. The van der Waals surface area contributed by atoms with Crippen molar-refractivity contribution in [1.29, 1.82) is 0 Å². The average Bonchev–Trinajstić information content (AvgIpc) is 3.02. The van der Waals surface area contributed by atoms with Crippen LogP contribution in [0.25, 0.3) is 11.1 Å². The van der Waals surface area contributed by atoms with Gasteiger partial charge in [-0.3, -0.25) is 4.79 Å². The highest BCUT2D eigenvalue weighted by Crippen LogP contribution is 2.44. The van der Waals surface area contributed by atoms with Crippen LogP contribution < -0.4 is 5.32 Å². The third-order valence-electron chi connectivity index (χ3n) is 4.99. The first-order valence-electron chi connectivity index (χ1n) is 10.2.